The van der Waals surface area contributed by atoms with E-state index in [-0.39, 0.29) is 5.91 Å². The Labute approximate surface area is 127 Å². The molecule has 1 N–H and O–H groups in total. The molecular formula is C15H11ClN2OS. The summed E-state index contributed by atoms with van der Waals surface area (Å²) < 4.78 is 0. The predicted octanol–water partition coefficient (Wildman–Crippen LogP) is 3.95. The Bertz CT molecular complexity index is 677. The molecule has 0 bridgehead atoms. The summed E-state index contributed by atoms with van der Waals surface area (Å²) in [4.78, 5) is 12.8. The van der Waals surface area contributed by atoms with Crippen molar-refractivity contribution in [1.82, 2.24) is 0 Å². The van der Waals surface area contributed by atoms with Crippen molar-refractivity contribution < 1.29 is 4.79 Å². The molecule has 100 valence electrons. The van der Waals surface area contributed by atoms with Crippen molar-refractivity contribution in [3.63, 3.8) is 0 Å². The molecule has 3 nitrogen and oxygen atoms in total. The zero-order valence-electron chi connectivity index (χ0n) is 10.4. The highest BCUT2D eigenvalue weighted by molar-refractivity contribution is 7.80. The van der Waals surface area contributed by atoms with Crippen LogP contribution in [0.3, 0.4) is 0 Å². The number of amides is 1. The van der Waals surface area contributed by atoms with E-state index in [2.05, 4.69) is 24.0 Å². The van der Waals surface area contributed by atoms with Crippen LogP contribution in [0.2, 0.25) is 5.02 Å². The minimum atomic E-state index is -0.293. The van der Waals surface area contributed by atoms with Crippen molar-refractivity contribution in [3.8, 4) is 6.07 Å². The lowest BCUT2D eigenvalue weighted by atomic mass is 10.1. The maximum absolute atomic E-state index is 12.1. The molecule has 20 heavy (non-hydrogen) atoms. The summed E-state index contributed by atoms with van der Waals surface area (Å²) in [7, 11) is 0. The van der Waals surface area contributed by atoms with E-state index in [1.165, 1.54) is 0 Å². The van der Waals surface area contributed by atoms with Crippen molar-refractivity contribution in [2.75, 3.05) is 5.32 Å². The quantitative estimate of drug-likeness (QED) is 0.844. The Morgan fingerprint density at radius 1 is 1.25 bits per heavy atom. The van der Waals surface area contributed by atoms with Gasteiger partial charge in [-0.05, 0) is 35.9 Å². The van der Waals surface area contributed by atoms with Crippen LogP contribution in [0.1, 0.15) is 15.9 Å². The molecular weight excluding hydrogens is 292 g/mol. The largest absolute Gasteiger partial charge is 0.322 e. The van der Waals surface area contributed by atoms with Gasteiger partial charge in [0.2, 0.25) is 0 Å². The third kappa shape index (κ3) is 3.53. The minimum absolute atomic E-state index is 0.293. The first-order valence-corrected chi connectivity index (χ1v) is 6.68. The number of hydrogen-bond donors (Lipinski definition) is 2. The molecule has 0 aliphatic rings. The highest BCUT2D eigenvalue weighted by Gasteiger charge is 2.10. The predicted molar refractivity (Wildman–Crippen MR) is 82.4 cm³/mol. The number of nitrogens with one attached hydrogen (secondary N) is 1. The third-order valence-electron chi connectivity index (χ3n) is 2.69. The Morgan fingerprint density at radius 3 is 2.60 bits per heavy atom. The summed E-state index contributed by atoms with van der Waals surface area (Å²) in [5, 5.41) is 11.7. The van der Waals surface area contributed by atoms with Crippen LogP contribution in [0.15, 0.2) is 47.4 Å². The first kappa shape index (κ1) is 14.4. The lowest BCUT2D eigenvalue weighted by Gasteiger charge is -2.08. The maximum Gasteiger partial charge on any atom is 0.257 e. The lowest BCUT2D eigenvalue weighted by Crippen LogP contribution is -2.12. The van der Waals surface area contributed by atoms with E-state index in [1.807, 2.05) is 0 Å². The average Bonchev–Trinajstić information content (AvgIpc) is 2.44. The van der Waals surface area contributed by atoms with Crippen molar-refractivity contribution in [1.29, 1.82) is 5.26 Å². The molecule has 0 unspecified atom stereocenters. The van der Waals surface area contributed by atoms with Crippen LogP contribution >= 0.6 is 24.2 Å². The molecule has 0 fully saturated rings. The fraction of sp³-hybridized carbons (Fsp3) is 0.0667. The molecule has 2 rings (SSSR count). The van der Waals surface area contributed by atoms with Crippen molar-refractivity contribution in [2.45, 2.75) is 11.3 Å². The Morgan fingerprint density at radius 2 is 1.95 bits per heavy atom. The Kier molecular flexibility index (Phi) is 4.67. The van der Waals surface area contributed by atoms with Crippen LogP contribution < -0.4 is 5.32 Å². The topological polar surface area (TPSA) is 52.9 Å². The van der Waals surface area contributed by atoms with E-state index in [4.69, 9.17) is 16.9 Å². The second-order valence-electron chi connectivity index (χ2n) is 4.15. The number of carbonyl (C=O) groups excluding carboxylic acids is 1. The van der Waals surface area contributed by atoms with Gasteiger partial charge in [0.05, 0.1) is 23.1 Å². The molecule has 0 aliphatic carbocycles. The van der Waals surface area contributed by atoms with Gasteiger partial charge in [0.25, 0.3) is 5.91 Å². The molecule has 2 aromatic carbocycles. The second kappa shape index (κ2) is 6.47. The van der Waals surface area contributed by atoms with E-state index in [1.54, 1.807) is 42.5 Å². The van der Waals surface area contributed by atoms with E-state index in [0.29, 0.717) is 27.6 Å². The van der Waals surface area contributed by atoms with Crippen molar-refractivity contribution in [3.05, 3.63) is 58.6 Å². The van der Waals surface area contributed by atoms with Gasteiger partial charge in [0, 0.05) is 10.6 Å². The number of carbonyl (C=O) groups is 1. The molecule has 5 heteroatoms. The molecule has 0 spiro atoms. The van der Waals surface area contributed by atoms with E-state index < -0.39 is 0 Å². The summed E-state index contributed by atoms with van der Waals surface area (Å²) in [5.41, 5.74) is 1.93. The van der Waals surface area contributed by atoms with Gasteiger partial charge in [-0.25, -0.2) is 0 Å². The van der Waals surface area contributed by atoms with E-state index in [9.17, 15) is 4.79 Å². The minimum Gasteiger partial charge on any atom is -0.322 e. The Hall–Kier alpha value is -1.96. The van der Waals surface area contributed by atoms with Crippen LogP contribution in [0.4, 0.5) is 5.69 Å². The first-order chi connectivity index (χ1) is 9.60. The normalized spacial score (nSPS) is 9.85. The first-order valence-electron chi connectivity index (χ1n) is 5.86. The summed E-state index contributed by atoms with van der Waals surface area (Å²) >= 11 is 10.2. The highest BCUT2D eigenvalue weighted by atomic mass is 35.5. The van der Waals surface area contributed by atoms with Crippen LogP contribution in [-0.4, -0.2) is 5.91 Å². The van der Waals surface area contributed by atoms with Gasteiger partial charge in [-0.3, -0.25) is 4.79 Å². The van der Waals surface area contributed by atoms with Crippen molar-refractivity contribution in [2.24, 2.45) is 0 Å². The summed E-state index contributed by atoms with van der Waals surface area (Å²) in [5.74, 6) is -0.293. The third-order valence-corrected chi connectivity index (χ3v) is 3.30. The second-order valence-corrected chi connectivity index (χ2v) is 5.07. The average molecular weight is 303 g/mol. The van der Waals surface area contributed by atoms with Gasteiger partial charge in [-0.1, -0.05) is 23.7 Å². The zero-order chi connectivity index (χ0) is 14.5. The molecule has 0 aliphatic heterocycles. The molecule has 0 atom stereocenters. The van der Waals surface area contributed by atoms with Crippen LogP contribution in [0.5, 0.6) is 0 Å². The number of thiol groups is 1. The van der Waals surface area contributed by atoms with Gasteiger partial charge < -0.3 is 5.32 Å². The van der Waals surface area contributed by atoms with Gasteiger partial charge in [0.1, 0.15) is 0 Å². The molecule has 1 amide bonds. The number of halogens is 1. The zero-order valence-corrected chi connectivity index (χ0v) is 12.1. The van der Waals surface area contributed by atoms with E-state index >= 15 is 0 Å². The van der Waals surface area contributed by atoms with E-state index in [0.717, 1.165) is 5.56 Å². The molecule has 0 radical (unpaired) electrons. The molecule has 0 saturated heterocycles. The number of anilines is 1. The summed E-state index contributed by atoms with van der Waals surface area (Å²) in [6.07, 6.45) is 0.349. The number of nitriles is 1. The fourth-order valence-corrected chi connectivity index (χ4v) is 2.09. The lowest BCUT2D eigenvalue weighted by molar-refractivity contribution is 0.102. The van der Waals surface area contributed by atoms with Gasteiger partial charge >= 0.3 is 0 Å². The molecule has 0 aromatic heterocycles. The van der Waals surface area contributed by atoms with Crippen LogP contribution in [-0.2, 0) is 6.42 Å². The molecule has 2 aromatic rings. The van der Waals surface area contributed by atoms with Gasteiger partial charge in [-0.2, -0.15) is 5.26 Å². The monoisotopic (exact) mass is 302 g/mol. The standard InChI is InChI=1S/C15H11ClN2OS/c16-14-6-5-12(20)9-13(14)15(19)18-11-3-1-10(2-4-11)7-8-17/h1-6,9,20H,7H2,(H,18,19). The van der Waals surface area contributed by atoms with Gasteiger partial charge in [0.15, 0.2) is 0 Å². The highest BCUT2D eigenvalue weighted by Crippen LogP contribution is 2.21. The summed E-state index contributed by atoms with van der Waals surface area (Å²) in [6.45, 7) is 0. The fourth-order valence-electron chi connectivity index (χ4n) is 1.68. The number of hydrogen-bond acceptors (Lipinski definition) is 3. The van der Waals surface area contributed by atoms with Crippen molar-refractivity contribution >= 4 is 35.8 Å². The summed E-state index contributed by atoms with van der Waals surface area (Å²) in [6, 6.07) is 14.1. The Balaban J connectivity index is 2.15. The molecule has 0 heterocycles. The van der Waals surface area contributed by atoms with Gasteiger partial charge in [-0.15, -0.1) is 12.6 Å². The maximum atomic E-state index is 12.1. The van der Waals surface area contributed by atoms with Crippen LogP contribution in [0, 0.1) is 11.3 Å². The number of nitrogens with zero attached hydrogens (tertiary/aromatic N) is 1. The molecule has 0 saturated carbocycles. The number of rotatable bonds is 3. The number of benzene rings is 2. The smallest absolute Gasteiger partial charge is 0.257 e. The SMILES string of the molecule is N#CCc1ccc(NC(=O)c2cc(S)ccc2Cl)cc1. The van der Waals surface area contributed by atoms with Crippen LogP contribution in [0.25, 0.3) is 0 Å².